The maximum Gasteiger partial charge on any atom is 0.242 e. The van der Waals surface area contributed by atoms with E-state index in [9.17, 15) is 8.42 Å². The molecule has 1 unspecified atom stereocenters. The van der Waals surface area contributed by atoms with Crippen molar-refractivity contribution in [3.63, 3.8) is 0 Å². The van der Waals surface area contributed by atoms with Gasteiger partial charge in [0.1, 0.15) is 4.90 Å². The van der Waals surface area contributed by atoms with E-state index >= 15 is 0 Å². The maximum atomic E-state index is 12.2. The third-order valence-corrected chi connectivity index (χ3v) is 5.40. The minimum absolute atomic E-state index is 0.192. The lowest BCUT2D eigenvalue weighted by atomic mass is 10.1. The van der Waals surface area contributed by atoms with Crippen LogP contribution in [0, 0.1) is 0 Å². The van der Waals surface area contributed by atoms with Gasteiger partial charge in [0.25, 0.3) is 0 Å². The van der Waals surface area contributed by atoms with E-state index in [1.807, 2.05) is 0 Å². The van der Waals surface area contributed by atoms with Crippen LogP contribution in [0.15, 0.2) is 27.8 Å². The van der Waals surface area contributed by atoms with Crippen LogP contribution in [-0.4, -0.2) is 44.0 Å². The number of piperidine rings is 1. The third kappa shape index (κ3) is 4.25. The second kappa shape index (κ2) is 6.98. The van der Waals surface area contributed by atoms with Crippen molar-refractivity contribution in [3.8, 4) is 0 Å². The third-order valence-electron chi connectivity index (χ3n) is 3.57. The molecule has 7 heteroatoms. The van der Waals surface area contributed by atoms with Gasteiger partial charge in [0.15, 0.2) is 0 Å². The van der Waals surface area contributed by atoms with Crippen LogP contribution in [0.2, 0.25) is 0 Å². The molecule has 0 aromatic carbocycles. The molecule has 0 aliphatic carbocycles. The number of hydrogen-bond donors (Lipinski definition) is 1. The number of rotatable bonds is 5. The highest BCUT2D eigenvalue weighted by Crippen LogP contribution is 2.15. The first-order valence-corrected chi connectivity index (χ1v) is 9.11. The molecule has 1 aliphatic heterocycles. The van der Waals surface area contributed by atoms with Crippen LogP contribution in [0.4, 0.5) is 0 Å². The molecule has 0 saturated carbocycles. The lowest BCUT2D eigenvalue weighted by Gasteiger charge is -2.32. The van der Waals surface area contributed by atoms with Crippen molar-refractivity contribution in [2.45, 2.75) is 37.1 Å². The number of pyridine rings is 1. The Bertz CT molecular complexity index is 544. The first kappa shape index (κ1) is 15.9. The Morgan fingerprint density at radius 1 is 1.35 bits per heavy atom. The van der Waals surface area contributed by atoms with Gasteiger partial charge in [-0.25, -0.2) is 13.1 Å². The van der Waals surface area contributed by atoms with Gasteiger partial charge < -0.3 is 0 Å². The van der Waals surface area contributed by atoms with Gasteiger partial charge >= 0.3 is 0 Å². The van der Waals surface area contributed by atoms with Crippen molar-refractivity contribution in [2.75, 3.05) is 19.6 Å². The van der Waals surface area contributed by atoms with Crippen LogP contribution in [-0.2, 0) is 10.0 Å². The quantitative estimate of drug-likeness (QED) is 0.870. The molecule has 1 aromatic heterocycles. The van der Waals surface area contributed by atoms with Crippen LogP contribution in [0.25, 0.3) is 0 Å². The van der Waals surface area contributed by atoms with Crippen LogP contribution in [0.3, 0.4) is 0 Å². The number of nitrogens with one attached hydrogen (secondary N) is 1. The van der Waals surface area contributed by atoms with Crippen molar-refractivity contribution >= 4 is 26.0 Å². The van der Waals surface area contributed by atoms with Crippen molar-refractivity contribution in [3.05, 3.63) is 22.9 Å². The van der Waals surface area contributed by atoms with E-state index in [-0.39, 0.29) is 10.9 Å². The summed E-state index contributed by atoms with van der Waals surface area (Å²) in [6, 6.07) is 1.77. The summed E-state index contributed by atoms with van der Waals surface area (Å²) in [5.74, 6) is 0. The van der Waals surface area contributed by atoms with Crippen molar-refractivity contribution in [1.29, 1.82) is 0 Å². The first-order chi connectivity index (χ1) is 9.49. The molecule has 20 heavy (non-hydrogen) atoms. The summed E-state index contributed by atoms with van der Waals surface area (Å²) in [7, 11) is -3.49. The summed E-state index contributed by atoms with van der Waals surface area (Å²) in [6.07, 6.45) is 6.60. The average molecular weight is 362 g/mol. The zero-order valence-corrected chi connectivity index (χ0v) is 14.0. The molecule has 1 atom stereocenters. The van der Waals surface area contributed by atoms with Crippen molar-refractivity contribution in [1.82, 2.24) is 14.6 Å². The molecule has 1 fully saturated rings. The number of hydrogen-bond acceptors (Lipinski definition) is 4. The zero-order valence-electron chi connectivity index (χ0n) is 11.5. The smallest absolute Gasteiger partial charge is 0.242 e. The molecule has 5 nitrogen and oxygen atoms in total. The van der Waals surface area contributed by atoms with E-state index in [4.69, 9.17) is 0 Å². The average Bonchev–Trinajstić information content (AvgIpc) is 2.46. The van der Waals surface area contributed by atoms with Gasteiger partial charge in [-0.1, -0.05) is 6.42 Å². The van der Waals surface area contributed by atoms with Gasteiger partial charge in [-0.3, -0.25) is 9.88 Å². The zero-order chi connectivity index (χ0) is 14.6. The predicted octanol–water partition coefficient (Wildman–Crippen LogP) is 2.00. The minimum Gasteiger partial charge on any atom is -0.299 e. The van der Waals surface area contributed by atoms with Crippen molar-refractivity contribution in [2.24, 2.45) is 0 Å². The molecule has 1 saturated heterocycles. The normalized spacial score (nSPS) is 18.9. The monoisotopic (exact) mass is 361 g/mol. The molecule has 0 spiro atoms. The minimum atomic E-state index is -3.49. The van der Waals surface area contributed by atoms with Gasteiger partial charge in [0.2, 0.25) is 10.0 Å². The standard InChI is InChI=1S/C13H20BrN3O2S/c1-11(17-5-3-2-4-6-17)8-16-20(18,19)13-7-12(14)9-15-10-13/h7,9-11,16H,2-6,8H2,1H3. The fourth-order valence-electron chi connectivity index (χ4n) is 2.34. The van der Waals surface area contributed by atoms with Crippen LogP contribution in [0.1, 0.15) is 26.2 Å². The first-order valence-electron chi connectivity index (χ1n) is 6.83. The molecule has 2 rings (SSSR count). The van der Waals surface area contributed by atoms with E-state index in [2.05, 4.69) is 37.5 Å². The molecule has 1 N–H and O–H groups in total. The van der Waals surface area contributed by atoms with Gasteiger partial charge in [0, 0.05) is 29.5 Å². The SMILES string of the molecule is CC(CNS(=O)(=O)c1cncc(Br)c1)N1CCCCC1. The largest absolute Gasteiger partial charge is 0.299 e. The fourth-order valence-corrected chi connectivity index (χ4v) is 3.97. The molecule has 1 aliphatic rings. The van der Waals surface area contributed by atoms with E-state index in [0.717, 1.165) is 13.1 Å². The van der Waals surface area contributed by atoms with Gasteiger partial charge in [-0.2, -0.15) is 0 Å². The number of nitrogens with zero attached hydrogens (tertiary/aromatic N) is 2. The highest BCUT2D eigenvalue weighted by atomic mass is 79.9. The summed E-state index contributed by atoms with van der Waals surface area (Å²) < 4.78 is 27.7. The fraction of sp³-hybridized carbons (Fsp3) is 0.615. The Morgan fingerprint density at radius 2 is 2.05 bits per heavy atom. The second-order valence-corrected chi connectivity index (χ2v) is 7.82. The van der Waals surface area contributed by atoms with Crippen LogP contribution in [0.5, 0.6) is 0 Å². The Balaban J connectivity index is 1.95. The molecule has 1 aromatic rings. The Morgan fingerprint density at radius 3 is 2.70 bits per heavy atom. The highest BCUT2D eigenvalue weighted by molar-refractivity contribution is 9.10. The second-order valence-electron chi connectivity index (χ2n) is 5.14. The number of halogens is 1. The van der Waals surface area contributed by atoms with Crippen LogP contribution >= 0.6 is 15.9 Å². The van der Waals surface area contributed by atoms with Gasteiger partial charge in [-0.05, 0) is 54.9 Å². The van der Waals surface area contributed by atoms with Gasteiger partial charge in [-0.15, -0.1) is 0 Å². The summed E-state index contributed by atoms with van der Waals surface area (Å²) >= 11 is 3.23. The van der Waals surface area contributed by atoms with E-state index in [1.54, 1.807) is 12.3 Å². The number of aromatic nitrogens is 1. The molecule has 0 amide bonds. The lowest BCUT2D eigenvalue weighted by Crippen LogP contribution is -2.44. The van der Waals surface area contributed by atoms with Crippen molar-refractivity contribution < 1.29 is 8.42 Å². The summed E-state index contributed by atoms with van der Waals surface area (Å²) in [4.78, 5) is 6.42. The van der Waals surface area contributed by atoms with Gasteiger partial charge in [0.05, 0.1) is 0 Å². The Kier molecular flexibility index (Phi) is 5.54. The maximum absolute atomic E-state index is 12.2. The molecule has 2 heterocycles. The number of likely N-dealkylation sites (tertiary alicyclic amines) is 1. The summed E-state index contributed by atoms with van der Waals surface area (Å²) in [6.45, 7) is 4.60. The molecule has 0 radical (unpaired) electrons. The highest BCUT2D eigenvalue weighted by Gasteiger charge is 2.20. The molecule has 0 bridgehead atoms. The van der Waals surface area contributed by atoms with E-state index < -0.39 is 10.0 Å². The molecular weight excluding hydrogens is 342 g/mol. The molecule has 112 valence electrons. The lowest BCUT2D eigenvalue weighted by molar-refractivity contribution is 0.175. The number of sulfonamides is 1. The van der Waals surface area contributed by atoms with E-state index in [1.165, 1.54) is 25.5 Å². The Hall–Kier alpha value is -0.500. The summed E-state index contributed by atoms with van der Waals surface area (Å²) in [5, 5.41) is 0. The topological polar surface area (TPSA) is 62.3 Å². The molecular formula is C13H20BrN3O2S. The van der Waals surface area contributed by atoms with E-state index in [0.29, 0.717) is 11.0 Å². The summed E-state index contributed by atoms with van der Waals surface area (Å²) in [5.41, 5.74) is 0. The predicted molar refractivity (Wildman–Crippen MR) is 82.0 cm³/mol. The van der Waals surface area contributed by atoms with Crippen LogP contribution < -0.4 is 4.72 Å². The Labute approximate surface area is 129 Å².